The highest BCUT2D eigenvalue weighted by atomic mass is 32.2. The molecule has 1 aromatic rings. The maximum atomic E-state index is 6.03. The molecule has 1 aromatic carbocycles. The maximum absolute atomic E-state index is 6.03. The molecule has 2 unspecified atom stereocenters. The van der Waals surface area contributed by atoms with Crippen LogP contribution in [-0.2, 0) is 0 Å². The molecule has 94 valence electrons. The number of nitrogen functional groups attached to an aromatic ring is 1. The number of rotatable bonds is 4. The van der Waals surface area contributed by atoms with Crippen molar-refractivity contribution in [3.05, 3.63) is 23.8 Å². The molecule has 1 saturated carbocycles. The van der Waals surface area contributed by atoms with Gasteiger partial charge in [0, 0.05) is 11.3 Å². The van der Waals surface area contributed by atoms with E-state index in [0.717, 1.165) is 16.6 Å². The predicted octanol–water partition coefficient (Wildman–Crippen LogP) is 3.66. The van der Waals surface area contributed by atoms with Gasteiger partial charge >= 0.3 is 0 Å². The van der Waals surface area contributed by atoms with Crippen molar-refractivity contribution in [2.75, 3.05) is 16.8 Å². The minimum absolute atomic E-state index is 0.599. The summed E-state index contributed by atoms with van der Waals surface area (Å²) in [4.78, 5) is 0. The fraction of sp³-hybridized carbons (Fsp3) is 0.571. The lowest BCUT2D eigenvalue weighted by Crippen LogP contribution is -2.17. The van der Waals surface area contributed by atoms with Crippen LogP contribution in [0.4, 0.5) is 11.4 Å². The van der Waals surface area contributed by atoms with Gasteiger partial charge in [-0.1, -0.05) is 19.1 Å². The number of thioether (sulfide) groups is 1. The van der Waals surface area contributed by atoms with Crippen molar-refractivity contribution >= 4 is 23.1 Å². The minimum Gasteiger partial charge on any atom is -0.397 e. The molecule has 0 aliphatic heterocycles. The molecule has 1 aliphatic rings. The lowest BCUT2D eigenvalue weighted by Gasteiger charge is -2.18. The Morgan fingerprint density at radius 2 is 2.24 bits per heavy atom. The summed E-state index contributed by atoms with van der Waals surface area (Å²) >= 11 is 2.09. The summed E-state index contributed by atoms with van der Waals surface area (Å²) in [6, 6.07) is 6.71. The van der Waals surface area contributed by atoms with E-state index in [4.69, 9.17) is 5.73 Å². The van der Waals surface area contributed by atoms with E-state index >= 15 is 0 Å². The number of nitrogens with one attached hydrogen (secondary N) is 1. The molecule has 3 heteroatoms. The topological polar surface area (TPSA) is 38.0 Å². The third-order valence-corrected chi connectivity index (χ3v) is 4.67. The first-order valence-corrected chi connectivity index (χ1v) is 7.48. The van der Waals surface area contributed by atoms with Gasteiger partial charge in [-0.15, -0.1) is 0 Å². The van der Waals surface area contributed by atoms with Gasteiger partial charge in [0.1, 0.15) is 0 Å². The summed E-state index contributed by atoms with van der Waals surface area (Å²) in [5, 5.41) is 4.46. The monoisotopic (exact) mass is 250 g/mol. The highest BCUT2D eigenvalue weighted by molar-refractivity contribution is 7.99. The highest BCUT2D eigenvalue weighted by Crippen LogP contribution is 2.33. The van der Waals surface area contributed by atoms with E-state index in [0.29, 0.717) is 6.04 Å². The van der Waals surface area contributed by atoms with Gasteiger partial charge in [0.25, 0.3) is 0 Å². The Balaban J connectivity index is 1.98. The van der Waals surface area contributed by atoms with E-state index in [1.54, 1.807) is 0 Å². The van der Waals surface area contributed by atoms with Gasteiger partial charge in [-0.25, -0.2) is 0 Å². The number of anilines is 2. The first kappa shape index (κ1) is 12.6. The Labute approximate surface area is 108 Å². The molecule has 0 radical (unpaired) electrons. The van der Waals surface area contributed by atoms with Crippen LogP contribution in [0.5, 0.6) is 0 Å². The number of hydrogen-bond acceptors (Lipinski definition) is 3. The fourth-order valence-electron chi connectivity index (χ4n) is 2.55. The summed E-state index contributed by atoms with van der Waals surface area (Å²) in [7, 11) is 0. The van der Waals surface area contributed by atoms with Crippen molar-refractivity contribution in [1.29, 1.82) is 0 Å². The van der Waals surface area contributed by atoms with E-state index in [-0.39, 0.29) is 0 Å². The lowest BCUT2D eigenvalue weighted by atomic mass is 10.1. The van der Waals surface area contributed by atoms with Gasteiger partial charge in [-0.05, 0) is 43.6 Å². The van der Waals surface area contributed by atoms with Gasteiger partial charge in [0.2, 0.25) is 0 Å². The summed E-state index contributed by atoms with van der Waals surface area (Å²) in [6.07, 6.45) is 3.87. The molecular weight excluding hydrogens is 228 g/mol. The smallest absolute Gasteiger partial charge is 0.0605 e. The minimum atomic E-state index is 0.599. The fourth-order valence-corrected chi connectivity index (χ4v) is 3.69. The van der Waals surface area contributed by atoms with Crippen LogP contribution in [0.15, 0.2) is 18.2 Å². The van der Waals surface area contributed by atoms with Crippen molar-refractivity contribution in [3.8, 4) is 0 Å². The Morgan fingerprint density at radius 1 is 1.41 bits per heavy atom. The molecule has 0 spiro atoms. The Hall–Kier alpha value is -0.830. The van der Waals surface area contributed by atoms with Crippen LogP contribution < -0.4 is 11.1 Å². The average molecular weight is 250 g/mol. The van der Waals surface area contributed by atoms with Crippen LogP contribution in [0.3, 0.4) is 0 Å². The molecule has 2 atom stereocenters. The summed E-state index contributed by atoms with van der Waals surface area (Å²) in [6.45, 7) is 4.36. The Bertz CT molecular complexity index is 358. The molecule has 2 rings (SSSR count). The first-order valence-electron chi connectivity index (χ1n) is 6.44. The number of hydrogen-bond donors (Lipinski definition) is 2. The van der Waals surface area contributed by atoms with Gasteiger partial charge < -0.3 is 11.1 Å². The van der Waals surface area contributed by atoms with Crippen LogP contribution in [0.1, 0.15) is 31.7 Å². The zero-order valence-corrected chi connectivity index (χ0v) is 11.5. The Kier molecular flexibility index (Phi) is 4.21. The molecule has 3 N–H and O–H groups in total. The average Bonchev–Trinajstić information content (AvgIpc) is 2.72. The van der Waals surface area contributed by atoms with E-state index in [1.807, 2.05) is 12.1 Å². The molecule has 0 aromatic heterocycles. The largest absolute Gasteiger partial charge is 0.397 e. The van der Waals surface area contributed by atoms with E-state index in [9.17, 15) is 0 Å². The first-order chi connectivity index (χ1) is 8.20. The maximum Gasteiger partial charge on any atom is 0.0605 e. The molecule has 1 aliphatic carbocycles. The normalized spacial score (nSPS) is 23.9. The van der Waals surface area contributed by atoms with Crippen LogP contribution >= 0.6 is 11.8 Å². The number of nitrogens with two attached hydrogens (primary N) is 1. The van der Waals surface area contributed by atoms with Gasteiger partial charge in [-0.2, -0.15) is 11.8 Å². The second kappa shape index (κ2) is 5.67. The molecule has 0 bridgehead atoms. The zero-order valence-electron chi connectivity index (χ0n) is 10.7. The molecule has 2 nitrogen and oxygen atoms in total. The summed E-state index contributed by atoms with van der Waals surface area (Å²) in [5.41, 5.74) is 9.28. The molecule has 1 fully saturated rings. The quantitative estimate of drug-likeness (QED) is 0.801. The zero-order chi connectivity index (χ0) is 12.3. The molecule has 17 heavy (non-hydrogen) atoms. The van der Waals surface area contributed by atoms with Crippen molar-refractivity contribution in [1.82, 2.24) is 0 Å². The van der Waals surface area contributed by atoms with Gasteiger partial charge in [-0.3, -0.25) is 0 Å². The van der Waals surface area contributed by atoms with Gasteiger partial charge in [0.15, 0.2) is 0 Å². The predicted molar refractivity (Wildman–Crippen MR) is 78.8 cm³/mol. The van der Waals surface area contributed by atoms with Crippen molar-refractivity contribution in [3.63, 3.8) is 0 Å². The standard InChI is InChI=1S/C14H22N2S/c1-3-17-12-8-7-11(9-12)16-14-10(2)5-4-6-13(14)15/h4-6,11-12,16H,3,7-9,15H2,1-2H3. The lowest BCUT2D eigenvalue weighted by molar-refractivity contribution is 0.756. The highest BCUT2D eigenvalue weighted by Gasteiger charge is 2.24. The van der Waals surface area contributed by atoms with E-state index < -0.39 is 0 Å². The van der Waals surface area contributed by atoms with E-state index in [2.05, 4.69) is 37.0 Å². The van der Waals surface area contributed by atoms with Crippen molar-refractivity contribution in [2.45, 2.75) is 44.4 Å². The third-order valence-electron chi connectivity index (χ3n) is 3.44. The van der Waals surface area contributed by atoms with Crippen LogP contribution in [0, 0.1) is 6.92 Å². The van der Waals surface area contributed by atoms with Crippen LogP contribution in [0.25, 0.3) is 0 Å². The number of aryl methyl sites for hydroxylation is 1. The third kappa shape index (κ3) is 3.09. The number of benzene rings is 1. The van der Waals surface area contributed by atoms with Gasteiger partial charge in [0.05, 0.1) is 11.4 Å². The van der Waals surface area contributed by atoms with Crippen LogP contribution in [0.2, 0.25) is 0 Å². The molecular formula is C14H22N2S. The molecule has 0 heterocycles. The Morgan fingerprint density at radius 3 is 2.94 bits per heavy atom. The molecule has 0 amide bonds. The van der Waals surface area contributed by atoms with Crippen molar-refractivity contribution in [2.24, 2.45) is 0 Å². The molecule has 0 saturated heterocycles. The van der Waals surface area contributed by atoms with E-state index in [1.165, 1.54) is 30.6 Å². The second-order valence-electron chi connectivity index (χ2n) is 4.77. The second-order valence-corrected chi connectivity index (χ2v) is 6.35. The summed E-state index contributed by atoms with van der Waals surface area (Å²) < 4.78 is 0. The van der Waals surface area contributed by atoms with Crippen molar-refractivity contribution < 1.29 is 0 Å². The number of para-hydroxylation sites is 1. The summed E-state index contributed by atoms with van der Waals surface area (Å²) in [5.74, 6) is 1.23. The van der Waals surface area contributed by atoms with Crippen LogP contribution in [-0.4, -0.2) is 17.0 Å². The SMILES string of the molecule is CCSC1CCC(Nc2c(C)cccc2N)C1.